The molecule has 2 unspecified atom stereocenters. The fraction of sp³-hybridized carbons (Fsp3) is 0.455. The van der Waals surface area contributed by atoms with Gasteiger partial charge in [-0.05, 0) is 37.0 Å². The fourth-order valence-corrected chi connectivity index (χ4v) is 1.96. The van der Waals surface area contributed by atoms with E-state index in [0.29, 0.717) is 12.0 Å². The molecule has 0 saturated heterocycles. The molecule has 64 valence electrons. The molecule has 0 spiro atoms. The number of nitrogens with two attached hydrogens (primary N) is 1. The lowest BCUT2D eigenvalue weighted by Crippen LogP contribution is -2.03. The lowest BCUT2D eigenvalue weighted by Gasteiger charge is -2.07. The van der Waals surface area contributed by atoms with E-state index in [-0.39, 0.29) is 0 Å². The van der Waals surface area contributed by atoms with Gasteiger partial charge in [0, 0.05) is 12.0 Å². The molecule has 12 heavy (non-hydrogen) atoms. The highest BCUT2D eigenvalue weighted by Gasteiger charge is 2.36. The van der Waals surface area contributed by atoms with Crippen molar-refractivity contribution in [3.8, 4) is 0 Å². The van der Waals surface area contributed by atoms with Gasteiger partial charge in [-0.25, -0.2) is 0 Å². The third-order valence-corrected chi connectivity index (χ3v) is 2.75. The monoisotopic (exact) mass is 161 g/mol. The normalized spacial score (nSPS) is 27.2. The Morgan fingerprint density at radius 2 is 1.75 bits per heavy atom. The summed E-state index contributed by atoms with van der Waals surface area (Å²) in [5.74, 6) is 0.645. The summed E-state index contributed by atoms with van der Waals surface area (Å²) in [7, 11) is 0. The van der Waals surface area contributed by atoms with Gasteiger partial charge < -0.3 is 5.73 Å². The van der Waals surface area contributed by atoms with Crippen molar-refractivity contribution in [1.82, 2.24) is 0 Å². The van der Waals surface area contributed by atoms with E-state index in [4.69, 9.17) is 5.73 Å². The topological polar surface area (TPSA) is 26.0 Å². The first kappa shape index (κ1) is 7.81. The highest BCUT2D eigenvalue weighted by molar-refractivity contribution is 5.40. The molecule has 1 fully saturated rings. The van der Waals surface area contributed by atoms with Gasteiger partial charge in [0.15, 0.2) is 0 Å². The van der Waals surface area contributed by atoms with Crippen LogP contribution in [0.15, 0.2) is 18.2 Å². The molecule has 0 radical (unpaired) electrons. The van der Waals surface area contributed by atoms with Crippen molar-refractivity contribution in [2.45, 2.75) is 32.2 Å². The van der Waals surface area contributed by atoms with Crippen LogP contribution in [0.1, 0.15) is 29.0 Å². The number of hydrogen-bond donors (Lipinski definition) is 1. The molecule has 1 aromatic rings. The minimum absolute atomic E-state index is 0.421. The molecule has 1 heteroatoms. The Kier molecular flexibility index (Phi) is 1.69. The van der Waals surface area contributed by atoms with Crippen LogP contribution in [0.4, 0.5) is 0 Å². The predicted molar refractivity (Wildman–Crippen MR) is 51.2 cm³/mol. The third-order valence-electron chi connectivity index (χ3n) is 2.75. The minimum Gasteiger partial charge on any atom is -0.327 e. The molecule has 1 saturated carbocycles. The maximum Gasteiger partial charge on any atom is 0.0115 e. The maximum absolute atomic E-state index is 5.84. The van der Waals surface area contributed by atoms with Crippen molar-refractivity contribution in [2.24, 2.45) is 5.73 Å². The van der Waals surface area contributed by atoms with Gasteiger partial charge in [0.2, 0.25) is 0 Å². The quantitative estimate of drug-likeness (QED) is 0.670. The summed E-state index contributed by atoms with van der Waals surface area (Å²) in [6.07, 6.45) is 1.17. The molecule has 1 aromatic carbocycles. The highest BCUT2D eigenvalue weighted by Crippen LogP contribution is 2.41. The first-order valence-corrected chi connectivity index (χ1v) is 4.52. The summed E-state index contributed by atoms with van der Waals surface area (Å²) in [5, 5.41) is 0. The third kappa shape index (κ3) is 1.14. The fourth-order valence-electron chi connectivity index (χ4n) is 1.96. The average Bonchev–Trinajstić information content (AvgIpc) is 2.67. The summed E-state index contributed by atoms with van der Waals surface area (Å²) in [5.41, 5.74) is 10.1. The van der Waals surface area contributed by atoms with Gasteiger partial charge in [-0.1, -0.05) is 18.2 Å². The van der Waals surface area contributed by atoms with E-state index >= 15 is 0 Å². The van der Waals surface area contributed by atoms with E-state index in [9.17, 15) is 0 Å². The summed E-state index contributed by atoms with van der Waals surface area (Å²) < 4.78 is 0. The van der Waals surface area contributed by atoms with Gasteiger partial charge in [0.05, 0.1) is 0 Å². The Bertz CT molecular complexity index is 284. The van der Waals surface area contributed by atoms with Gasteiger partial charge in [0.25, 0.3) is 0 Å². The Hall–Kier alpha value is -0.820. The van der Waals surface area contributed by atoms with E-state index in [0.717, 1.165) is 0 Å². The van der Waals surface area contributed by atoms with Crippen LogP contribution in [-0.4, -0.2) is 6.04 Å². The van der Waals surface area contributed by atoms with Crippen LogP contribution in [0.5, 0.6) is 0 Å². The van der Waals surface area contributed by atoms with Crippen LogP contribution in [0.2, 0.25) is 0 Å². The largest absolute Gasteiger partial charge is 0.327 e. The summed E-state index contributed by atoms with van der Waals surface area (Å²) in [4.78, 5) is 0. The number of rotatable bonds is 1. The molecule has 0 aliphatic heterocycles. The van der Waals surface area contributed by atoms with Crippen LogP contribution < -0.4 is 5.73 Å². The van der Waals surface area contributed by atoms with Crippen molar-refractivity contribution >= 4 is 0 Å². The molecular formula is C11H15N. The molecule has 0 bridgehead atoms. The molecule has 0 amide bonds. The smallest absolute Gasteiger partial charge is 0.0115 e. The van der Waals surface area contributed by atoms with Crippen molar-refractivity contribution in [3.63, 3.8) is 0 Å². The van der Waals surface area contributed by atoms with Gasteiger partial charge in [-0.3, -0.25) is 0 Å². The van der Waals surface area contributed by atoms with Crippen LogP contribution >= 0.6 is 0 Å². The van der Waals surface area contributed by atoms with Crippen LogP contribution in [0, 0.1) is 13.8 Å². The zero-order chi connectivity index (χ0) is 8.72. The van der Waals surface area contributed by atoms with E-state index in [1.165, 1.54) is 23.1 Å². The second-order valence-electron chi connectivity index (χ2n) is 3.81. The number of hydrogen-bond acceptors (Lipinski definition) is 1. The van der Waals surface area contributed by atoms with E-state index < -0.39 is 0 Å². The predicted octanol–water partition coefficient (Wildman–Crippen LogP) is 2.12. The zero-order valence-corrected chi connectivity index (χ0v) is 7.67. The highest BCUT2D eigenvalue weighted by atomic mass is 14.7. The second kappa shape index (κ2) is 2.60. The first-order chi connectivity index (χ1) is 5.70. The summed E-state index contributed by atoms with van der Waals surface area (Å²) >= 11 is 0. The Balaban J connectivity index is 2.41. The molecule has 2 rings (SSSR count). The molecule has 1 nitrogen and oxygen atoms in total. The second-order valence-corrected chi connectivity index (χ2v) is 3.81. The van der Waals surface area contributed by atoms with Crippen LogP contribution in [-0.2, 0) is 0 Å². The SMILES string of the molecule is Cc1cccc(C)c1C1CC1N. The van der Waals surface area contributed by atoms with Gasteiger partial charge in [-0.2, -0.15) is 0 Å². The van der Waals surface area contributed by atoms with Crippen LogP contribution in [0.25, 0.3) is 0 Å². The molecular weight excluding hydrogens is 146 g/mol. The van der Waals surface area contributed by atoms with Gasteiger partial charge >= 0.3 is 0 Å². The van der Waals surface area contributed by atoms with Gasteiger partial charge in [0.1, 0.15) is 0 Å². The maximum atomic E-state index is 5.84. The molecule has 2 N–H and O–H groups in total. The first-order valence-electron chi connectivity index (χ1n) is 4.52. The van der Waals surface area contributed by atoms with Crippen molar-refractivity contribution < 1.29 is 0 Å². The lowest BCUT2D eigenvalue weighted by atomic mass is 9.99. The minimum atomic E-state index is 0.421. The molecule has 1 aliphatic carbocycles. The Morgan fingerprint density at radius 1 is 1.25 bits per heavy atom. The molecule has 2 atom stereocenters. The number of aryl methyl sites for hydroxylation is 2. The lowest BCUT2D eigenvalue weighted by molar-refractivity contribution is 0.969. The number of benzene rings is 1. The Morgan fingerprint density at radius 3 is 2.17 bits per heavy atom. The van der Waals surface area contributed by atoms with E-state index in [1.807, 2.05) is 0 Å². The average molecular weight is 161 g/mol. The zero-order valence-electron chi connectivity index (χ0n) is 7.67. The van der Waals surface area contributed by atoms with E-state index in [1.54, 1.807) is 0 Å². The van der Waals surface area contributed by atoms with Crippen molar-refractivity contribution in [2.75, 3.05) is 0 Å². The van der Waals surface area contributed by atoms with Gasteiger partial charge in [-0.15, -0.1) is 0 Å². The Labute approximate surface area is 73.6 Å². The van der Waals surface area contributed by atoms with Crippen molar-refractivity contribution in [3.05, 3.63) is 34.9 Å². The molecule has 1 aliphatic rings. The van der Waals surface area contributed by atoms with Crippen molar-refractivity contribution in [1.29, 1.82) is 0 Å². The summed E-state index contributed by atoms with van der Waals surface area (Å²) in [6, 6.07) is 6.88. The molecule has 0 aromatic heterocycles. The van der Waals surface area contributed by atoms with E-state index in [2.05, 4.69) is 32.0 Å². The summed E-state index contributed by atoms with van der Waals surface area (Å²) in [6.45, 7) is 4.35. The molecule has 0 heterocycles. The van der Waals surface area contributed by atoms with Crippen LogP contribution in [0.3, 0.4) is 0 Å². The standard InChI is InChI=1S/C11H15N/c1-7-4-3-5-8(2)11(7)9-6-10(9)12/h3-5,9-10H,6,12H2,1-2H3.